The van der Waals surface area contributed by atoms with Crippen molar-refractivity contribution in [3.63, 3.8) is 0 Å². The van der Waals surface area contributed by atoms with E-state index >= 15 is 0 Å². The predicted octanol–water partition coefficient (Wildman–Crippen LogP) is -6.87. The first-order chi connectivity index (χ1) is 1.91. The summed E-state index contributed by atoms with van der Waals surface area (Å²) in [5, 5.41) is 0. The Morgan fingerprint density at radius 1 is 1.00 bits per heavy atom. The summed E-state index contributed by atoms with van der Waals surface area (Å²) < 4.78 is 0. The monoisotopic (exact) mass is 164 g/mol. The molecule has 0 amide bonds. The van der Waals surface area contributed by atoms with Crippen LogP contribution in [0.25, 0.3) is 0 Å². The smallest absolute Gasteiger partial charge is 1.00 e. The average molecular weight is 164 g/mol. The second-order valence-corrected chi connectivity index (χ2v) is 0.577. The van der Waals surface area contributed by atoms with Crippen LogP contribution < -0.4 is 70.6 Å². The molecule has 38 valence electrons. The van der Waals surface area contributed by atoms with Crippen LogP contribution in [0.3, 0.4) is 0 Å². The molecule has 0 aromatic heterocycles. The van der Waals surface area contributed by atoms with Gasteiger partial charge in [0.05, 0.1) is 0 Å². The van der Waals surface area contributed by atoms with E-state index < -0.39 is 0 Å². The van der Waals surface area contributed by atoms with Crippen LogP contribution >= 0.6 is 0 Å². The van der Waals surface area contributed by atoms with Crippen molar-refractivity contribution in [1.82, 2.24) is 0 Å². The van der Waals surface area contributed by atoms with Crippen molar-refractivity contribution in [1.29, 1.82) is 0 Å². The normalized spacial score (nSPS) is 4.29. The molecular weight excluding hydrogens is 154 g/mol. The van der Waals surface area contributed by atoms with E-state index in [0.29, 0.717) is 13.1 Å². The van der Waals surface area contributed by atoms with Gasteiger partial charge < -0.3 is 14.3 Å². The van der Waals surface area contributed by atoms with Crippen LogP contribution in [0.5, 0.6) is 0 Å². The summed E-state index contributed by atoms with van der Waals surface area (Å²) >= 11 is 0. The van der Waals surface area contributed by atoms with Crippen molar-refractivity contribution in [3.8, 4) is 0 Å². The second kappa shape index (κ2) is 23.7. The summed E-state index contributed by atoms with van der Waals surface area (Å²) in [6, 6.07) is 0. The van der Waals surface area contributed by atoms with Crippen molar-refractivity contribution < 1.29 is 79.0 Å². The van der Waals surface area contributed by atoms with Gasteiger partial charge in [-0.1, -0.05) is 0 Å². The van der Waals surface area contributed by atoms with Gasteiger partial charge in [0.25, 0.3) is 0 Å². The van der Waals surface area contributed by atoms with E-state index in [2.05, 4.69) is 0 Å². The quantitative estimate of drug-likeness (QED) is 0.378. The molecule has 7 heavy (non-hydrogen) atoms. The molecule has 2 nitrogen and oxygen atoms in total. The van der Waals surface area contributed by atoms with Crippen LogP contribution in [-0.4, -0.2) is 13.1 Å². The van der Waals surface area contributed by atoms with E-state index in [1.807, 2.05) is 0 Å². The van der Waals surface area contributed by atoms with E-state index in [-0.39, 0.29) is 79.0 Å². The summed E-state index contributed by atoms with van der Waals surface area (Å²) in [4.78, 5) is 0. The Balaban J connectivity index is -0.00000000450. The van der Waals surface area contributed by atoms with E-state index in [9.17, 15) is 0 Å². The molecule has 0 unspecified atom stereocenters. The van der Waals surface area contributed by atoms with Crippen LogP contribution in [-0.2, 0) is 17.1 Å². The van der Waals surface area contributed by atoms with Crippen molar-refractivity contribution in [2.24, 2.45) is 11.5 Å². The Bertz CT molecular complexity index is 22.5. The van der Waals surface area contributed by atoms with E-state index in [1.54, 1.807) is 0 Å². The first-order valence-electron chi connectivity index (χ1n) is 1.32. The first-order valence-corrected chi connectivity index (χ1v) is 1.32. The fraction of sp³-hybridized carbons (Fsp3) is 1.00. The molecule has 0 aliphatic heterocycles. The fourth-order valence-corrected chi connectivity index (χ4v) is 0. The topological polar surface area (TPSA) is 52.0 Å². The predicted molar refractivity (Wildman–Crippen MR) is 20.3 cm³/mol. The zero-order chi connectivity index (χ0) is 3.41. The Kier molecular flexibility index (Phi) is 76.9. The standard InChI is InChI=1S/C2H8N2.Fe.2Na.2H/c3-1-2-4;;;;;/h1-4H2;;;;;/q;;2*+1;2*-1. The molecule has 0 aliphatic carbocycles. The molecule has 0 saturated heterocycles. The SMILES string of the molecule is NCCN.[Fe].[H-].[H-].[Na+].[Na+]. The number of hydrogen-bond acceptors (Lipinski definition) is 2. The van der Waals surface area contributed by atoms with Gasteiger partial charge in [0, 0.05) is 30.2 Å². The first kappa shape index (κ1) is 22.7. The van der Waals surface area contributed by atoms with Crippen LogP contribution in [0.15, 0.2) is 0 Å². The van der Waals surface area contributed by atoms with E-state index in [0.717, 1.165) is 0 Å². The molecule has 0 bridgehead atoms. The minimum Gasteiger partial charge on any atom is -1.00 e. The van der Waals surface area contributed by atoms with Crippen molar-refractivity contribution in [3.05, 3.63) is 0 Å². The third-order valence-electron chi connectivity index (χ3n) is 0.167. The largest absolute Gasteiger partial charge is 1.00 e. The van der Waals surface area contributed by atoms with Gasteiger partial charge in [0.15, 0.2) is 0 Å². The summed E-state index contributed by atoms with van der Waals surface area (Å²) in [6.45, 7) is 1.19. The van der Waals surface area contributed by atoms with Gasteiger partial charge in [-0.2, -0.15) is 0 Å². The Labute approximate surface area is 102 Å². The zero-order valence-electron chi connectivity index (χ0n) is 6.92. The third-order valence-corrected chi connectivity index (χ3v) is 0.167. The van der Waals surface area contributed by atoms with Gasteiger partial charge in [-0.25, -0.2) is 0 Å². The van der Waals surface area contributed by atoms with Gasteiger partial charge in [0.2, 0.25) is 0 Å². The summed E-state index contributed by atoms with van der Waals surface area (Å²) in [7, 11) is 0. The maximum Gasteiger partial charge on any atom is 1.00 e. The molecule has 0 saturated carbocycles. The molecule has 0 rings (SSSR count). The molecule has 0 aliphatic rings. The van der Waals surface area contributed by atoms with Crippen LogP contribution in [0, 0.1) is 0 Å². The Morgan fingerprint density at radius 2 is 1.14 bits per heavy atom. The maximum absolute atomic E-state index is 4.90. The van der Waals surface area contributed by atoms with Gasteiger partial charge in [-0.05, 0) is 0 Å². The minimum atomic E-state index is 0. The third kappa shape index (κ3) is 29.6. The van der Waals surface area contributed by atoms with Gasteiger partial charge in [0.1, 0.15) is 0 Å². The molecule has 0 aromatic carbocycles. The maximum atomic E-state index is 4.90. The van der Waals surface area contributed by atoms with Crippen molar-refractivity contribution in [2.75, 3.05) is 13.1 Å². The molecule has 4 N–H and O–H groups in total. The summed E-state index contributed by atoms with van der Waals surface area (Å²) in [6.07, 6.45) is 0. The van der Waals surface area contributed by atoms with Gasteiger partial charge >= 0.3 is 59.1 Å². The van der Waals surface area contributed by atoms with Crippen LogP contribution in [0.1, 0.15) is 2.85 Å². The molecule has 0 atom stereocenters. The molecule has 0 radical (unpaired) electrons. The average Bonchev–Trinajstić information content (AvgIpc) is 1.37. The van der Waals surface area contributed by atoms with Crippen molar-refractivity contribution in [2.45, 2.75) is 0 Å². The van der Waals surface area contributed by atoms with E-state index in [1.165, 1.54) is 0 Å². The Morgan fingerprint density at radius 3 is 1.14 bits per heavy atom. The molecule has 5 heteroatoms. The van der Waals surface area contributed by atoms with Crippen LogP contribution in [0.4, 0.5) is 0 Å². The molecule has 0 aromatic rings. The molecule has 0 heterocycles. The second-order valence-electron chi connectivity index (χ2n) is 0.577. The number of rotatable bonds is 1. The fourth-order valence-electron chi connectivity index (χ4n) is 0. The summed E-state index contributed by atoms with van der Waals surface area (Å²) in [5.41, 5.74) is 9.81. The zero-order valence-corrected chi connectivity index (χ0v) is 10.0. The Hall–Kier alpha value is 2.44. The molecule has 0 spiro atoms. The number of hydrogen-bond donors (Lipinski definition) is 2. The summed E-state index contributed by atoms with van der Waals surface area (Å²) in [5.74, 6) is 0. The van der Waals surface area contributed by atoms with E-state index in [4.69, 9.17) is 11.5 Å². The molecule has 0 fully saturated rings. The van der Waals surface area contributed by atoms with Gasteiger partial charge in [-0.15, -0.1) is 0 Å². The van der Waals surface area contributed by atoms with Gasteiger partial charge in [-0.3, -0.25) is 0 Å². The van der Waals surface area contributed by atoms with Crippen LogP contribution in [0.2, 0.25) is 0 Å². The molecular formula is C2H10FeN2Na2. The minimum absolute atomic E-state index is 0. The number of nitrogens with two attached hydrogens (primary N) is 2. The van der Waals surface area contributed by atoms with Crippen molar-refractivity contribution >= 4 is 0 Å².